The van der Waals surface area contributed by atoms with Gasteiger partial charge in [0.2, 0.25) is 0 Å². The van der Waals surface area contributed by atoms with Crippen LogP contribution in [0.1, 0.15) is 43.0 Å². The van der Waals surface area contributed by atoms with Gasteiger partial charge in [-0.15, -0.1) is 0 Å². The molecule has 3 rings (SSSR count). The van der Waals surface area contributed by atoms with Crippen LogP contribution in [-0.4, -0.2) is 62.3 Å². The van der Waals surface area contributed by atoms with Crippen molar-refractivity contribution in [2.45, 2.75) is 38.6 Å². The van der Waals surface area contributed by atoms with E-state index in [1.54, 1.807) is 6.92 Å². The van der Waals surface area contributed by atoms with E-state index in [0.29, 0.717) is 31.9 Å². The van der Waals surface area contributed by atoms with Crippen LogP contribution in [0.3, 0.4) is 0 Å². The van der Waals surface area contributed by atoms with Crippen LogP contribution in [0.4, 0.5) is 5.69 Å². The standard InChI is InChI=1S/C20H28N2O4/c1-2-26-19(23)15-18-7-3-4-9-22(18)20(24)16-6-5-8-17(14-16)21-10-12-25-13-11-21/h5-6,8,14,18H,2-4,7,9-13,15H2,1H3. The van der Waals surface area contributed by atoms with E-state index in [4.69, 9.17) is 9.47 Å². The van der Waals surface area contributed by atoms with Crippen LogP contribution in [0.25, 0.3) is 0 Å². The normalized spacial score (nSPS) is 20.7. The number of hydrogen-bond donors (Lipinski definition) is 0. The van der Waals surface area contributed by atoms with E-state index in [2.05, 4.69) is 4.90 Å². The Hall–Kier alpha value is -2.08. The van der Waals surface area contributed by atoms with Crippen molar-refractivity contribution in [1.29, 1.82) is 0 Å². The van der Waals surface area contributed by atoms with Gasteiger partial charge in [0, 0.05) is 36.9 Å². The highest BCUT2D eigenvalue weighted by Crippen LogP contribution is 2.24. The predicted octanol–water partition coefficient (Wildman–Crippen LogP) is 2.47. The number of anilines is 1. The third-order valence-corrected chi connectivity index (χ3v) is 5.06. The average Bonchev–Trinajstić information content (AvgIpc) is 2.69. The Morgan fingerprint density at radius 2 is 2.00 bits per heavy atom. The van der Waals surface area contributed by atoms with E-state index in [-0.39, 0.29) is 24.3 Å². The number of morpholine rings is 1. The van der Waals surface area contributed by atoms with Crippen LogP contribution in [0.15, 0.2) is 24.3 Å². The summed E-state index contributed by atoms with van der Waals surface area (Å²) in [6, 6.07) is 7.73. The first-order chi connectivity index (χ1) is 12.7. The minimum atomic E-state index is -0.223. The van der Waals surface area contributed by atoms with Gasteiger partial charge in [-0.05, 0) is 44.4 Å². The topological polar surface area (TPSA) is 59.1 Å². The first kappa shape index (κ1) is 18.7. The molecule has 2 saturated heterocycles. The lowest BCUT2D eigenvalue weighted by molar-refractivity contribution is -0.144. The van der Waals surface area contributed by atoms with Gasteiger partial charge in [0.15, 0.2) is 0 Å². The molecule has 0 radical (unpaired) electrons. The number of likely N-dealkylation sites (tertiary alicyclic amines) is 1. The van der Waals surface area contributed by atoms with Gasteiger partial charge in [0.1, 0.15) is 0 Å². The molecule has 1 unspecified atom stereocenters. The van der Waals surface area contributed by atoms with Gasteiger partial charge < -0.3 is 19.3 Å². The molecule has 1 aromatic carbocycles. The number of benzene rings is 1. The van der Waals surface area contributed by atoms with Gasteiger partial charge in [-0.3, -0.25) is 9.59 Å². The molecule has 2 fully saturated rings. The fourth-order valence-electron chi connectivity index (χ4n) is 3.72. The monoisotopic (exact) mass is 360 g/mol. The lowest BCUT2D eigenvalue weighted by atomic mass is 9.98. The Bertz CT molecular complexity index is 628. The number of carbonyl (C=O) groups is 2. The molecule has 1 aromatic rings. The van der Waals surface area contributed by atoms with Crippen LogP contribution < -0.4 is 4.90 Å². The number of rotatable bonds is 5. The van der Waals surface area contributed by atoms with E-state index in [9.17, 15) is 9.59 Å². The number of hydrogen-bond acceptors (Lipinski definition) is 5. The molecular weight excluding hydrogens is 332 g/mol. The molecule has 0 N–H and O–H groups in total. The summed E-state index contributed by atoms with van der Waals surface area (Å²) in [6.45, 7) is 5.99. The molecule has 26 heavy (non-hydrogen) atoms. The highest BCUT2D eigenvalue weighted by Gasteiger charge is 2.30. The van der Waals surface area contributed by atoms with Gasteiger partial charge in [-0.2, -0.15) is 0 Å². The molecule has 0 saturated carbocycles. The fourth-order valence-corrected chi connectivity index (χ4v) is 3.72. The molecular formula is C20H28N2O4. The third-order valence-electron chi connectivity index (χ3n) is 5.06. The van der Waals surface area contributed by atoms with Crippen molar-refractivity contribution < 1.29 is 19.1 Å². The Balaban J connectivity index is 1.72. The Morgan fingerprint density at radius 3 is 2.77 bits per heavy atom. The maximum Gasteiger partial charge on any atom is 0.307 e. The van der Waals surface area contributed by atoms with Crippen LogP contribution in [0, 0.1) is 0 Å². The summed E-state index contributed by atoms with van der Waals surface area (Å²) in [5.41, 5.74) is 1.74. The number of piperidine rings is 1. The maximum atomic E-state index is 13.1. The second-order valence-electron chi connectivity index (χ2n) is 6.81. The second kappa shape index (κ2) is 9.03. The van der Waals surface area contributed by atoms with Gasteiger partial charge in [-0.1, -0.05) is 6.07 Å². The fraction of sp³-hybridized carbons (Fsp3) is 0.600. The molecule has 1 atom stereocenters. The summed E-state index contributed by atoms with van der Waals surface area (Å²) in [4.78, 5) is 29.1. The molecule has 6 heteroatoms. The number of carbonyl (C=O) groups excluding carboxylic acids is 2. The van der Waals surface area contributed by atoms with Crippen LogP contribution in [-0.2, 0) is 14.3 Å². The van der Waals surface area contributed by atoms with Crippen molar-refractivity contribution in [1.82, 2.24) is 4.90 Å². The smallest absolute Gasteiger partial charge is 0.307 e. The molecule has 0 bridgehead atoms. The summed E-state index contributed by atoms with van der Waals surface area (Å²) >= 11 is 0. The van der Waals surface area contributed by atoms with E-state index in [1.807, 2.05) is 29.2 Å². The average molecular weight is 360 g/mol. The maximum absolute atomic E-state index is 13.1. The Labute approximate surface area is 155 Å². The molecule has 142 valence electrons. The van der Waals surface area contributed by atoms with Gasteiger partial charge in [0.25, 0.3) is 5.91 Å². The molecule has 0 aromatic heterocycles. The Kier molecular flexibility index (Phi) is 6.50. The zero-order chi connectivity index (χ0) is 18.4. The summed E-state index contributed by atoms with van der Waals surface area (Å²) in [6.07, 6.45) is 3.16. The van der Waals surface area contributed by atoms with E-state index in [1.165, 1.54) is 0 Å². The van der Waals surface area contributed by atoms with Crippen LogP contribution >= 0.6 is 0 Å². The molecule has 6 nitrogen and oxygen atoms in total. The van der Waals surface area contributed by atoms with Crippen molar-refractivity contribution in [3.63, 3.8) is 0 Å². The lowest BCUT2D eigenvalue weighted by Crippen LogP contribution is -2.45. The highest BCUT2D eigenvalue weighted by atomic mass is 16.5. The van der Waals surface area contributed by atoms with Gasteiger partial charge in [-0.25, -0.2) is 0 Å². The third kappa shape index (κ3) is 4.55. The van der Waals surface area contributed by atoms with E-state index < -0.39 is 0 Å². The summed E-state index contributed by atoms with van der Waals surface area (Å²) in [5.74, 6) is -0.214. The van der Waals surface area contributed by atoms with Crippen molar-refractivity contribution >= 4 is 17.6 Å². The molecule has 0 spiro atoms. The van der Waals surface area contributed by atoms with Crippen LogP contribution in [0.5, 0.6) is 0 Å². The molecule has 2 heterocycles. The largest absolute Gasteiger partial charge is 0.466 e. The number of amides is 1. The quantitative estimate of drug-likeness (QED) is 0.755. The predicted molar refractivity (Wildman–Crippen MR) is 99.4 cm³/mol. The lowest BCUT2D eigenvalue weighted by Gasteiger charge is -2.35. The van der Waals surface area contributed by atoms with Crippen molar-refractivity contribution in [2.75, 3.05) is 44.4 Å². The summed E-state index contributed by atoms with van der Waals surface area (Å²) < 4.78 is 10.5. The van der Waals surface area contributed by atoms with Crippen molar-refractivity contribution in [2.24, 2.45) is 0 Å². The molecule has 1 amide bonds. The molecule has 2 aliphatic heterocycles. The van der Waals surface area contributed by atoms with Crippen molar-refractivity contribution in [3.8, 4) is 0 Å². The highest BCUT2D eigenvalue weighted by molar-refractivity contribution is 5.95. The summed E-state index contributed by atoms with van der Waals surface area (Å²) in [7, 11) is 0. The van der Waals surface area contributed by atoms with E-state index >= 15 is 0 Å². The molecule has 0 aliphatic carbocycles. The zero-order valence-electron chi connectivity index (χ0n) is 15.5. The second-order valence-corrected chi connectivity index (χ2v) is 6.81. The van der Waals surface area contributed by atoms with Gasteiger partial charge >= 0.3 is 5.97 Å². The van der Waals surface area contributed by atoms with Crippen LogP contribution in [0.2, 0.25) is 0 Å². The molecule has 2 aliphatic rings. The minimum absolute atomic E-state index is 0.00843. The Morgan fingerprint density at radius 1 is 1.19 bits per heavy atom. The summed E-state index contributed by atoms with van der Waals surface area (Å²) in [5, 5.41) is 0. The SMILES string of the molecule is CCOC(=O)CC1CCCCN1C(=O)c1cccc(N2CCOCC2)c1. The minimum Gasteiger partial charge on any atom is -0.466 e. The first-order valence-electron chi connectivity index (χ1n) is 9.58. The number of nitrogens with zero attached hydrogens (tertiary/aromatic N) is 2. The van der Waals surface area contributed by atoms with Gasteiger partial charge in [0.05, 0.1) is 26.2 Å². The van der Waals surface area contributed by atoms with Crippen molar-refractivity contribution in [3.05, 3.63) is 29.8 Å². The zero-order valence-corrected chi connectivity index (χ0v) is 15.5. The number of ether oxygens (including phenoxy) is 2. The van der Waals surface area contributed by atoms with E-state index in [0.717, 1.165) is 38.0 Å². The number of esters is 1. The first-order valence-corrected chi connectivity index (χ1v) is 9.58.